The lowest BCUT2D eigenvalue weighted by Crippen LogP contribution is -2.47. The summed E-state index contributed by atoms with van der Waals surface area (Å²) in [6, 6.07) is -0.642. The standard InChI is InChI=1S/C18H29N6O5P/c1-4-28-18(25)15(13(2)3)24-6-5-8-29-30(24,26)12-27-9-7-23-11-22-14-16(19)20-10-21-17(14)23/h10-11,13,15H,4-9,12H2,1-3H3,(H2,19,20,21)/t15-,30+/m1/s1. The van der Waals surface area contributed by atoms with Crippen LogP contribution in [-0.2, 0) is 29.9 Å². The van der Waals surface area contributed by atoms with Crippen molar-refractivity contribution in [3.63, 3.8) is 0 Å². The third kappa shape index (κ3) is 4.80. The molecule has 12 heteroatoms. The fourth-order valence-electron chi connectivity index (χ4n) is 3.47. The van der Waals surface area contributed by atoms with Gasteiger partial charge in [0.25, 0.3) is 7.52 Å². The van der Waals surface area contributed by atoms with Crippen LogP contribution in [0.5, 0.6) is 0 Å². The summed E-state index contributed by atoms with van der Waals surface area (Å²) in [6.45, 7) is 7.39. The number of carbonyl (C=O) groups excluding carboxylic acids is 1. The molecule has 3 rings (SSSR count). The molecule has 0 saturated carbocycles. The highest BCUT2D eigenvalue weighted by Gasteiger charge is 2.44. The molecular weight excluding hydrogens is 411 g/mol. The monoisotopic (exact) mass is 440 g/mol. The van der Waals surface area contributed by atoms with Crippen molar-refractivity contribution >= 4 is 30.5 Å². The van der Waals surface area contributed by atoms with Crippen molar-refractivity contribution in [1.82, 2.24) is 24.2 Å². The highest BCUT2D eigenvalue weighted by atomic mass is 31.2. The van der Waals surface area contributed by atoms with Crippen molar-refractivity contribution in [2.75, 3.05) is 38.4 Å². The van der Waals surface area contributed by atoms with Gasteiger partial charge in [0.05, 0.1) is 26.1 Å². The third-order valence-corrected chi connectivity index (χ3v) is 7.18. The van der Waals surface area contributed by atoms with E-state index in [0.717, 1.165) is 0 Å². The number of nitrogen functional groups attached to an aromatic ring is 1. The Hall–Kier alpha value is -2.07. The lowest BCUT2D eigenvalue weighted by molar-refractivity contribution is -0.149. The van der Waals surface area contributed by atoms with Crippen molar-refractivity contribution in [2.45, 2.75) is 39.8 Å². The van der Waals surface area contributed by atoms with E-state index in [-0.39, 0.29) is 31.4 Å². The Morgan fingerprint density at radius 2 is 2.17 bits per heavy atom. The average Bonchev–Trinajstić information content (AvgIpc) is 3.12. The molecule has 0 aliphatic carbocycles. The maximum absolute atomic E-state index is 13.6. The van der Waals surface area contributed by atoms with Gasteiger partial charge in [-0.2, -0.15) is 0 Å². The summed E-state index contributed by atoms with van der Waals surface area (Å²) in [4.78, 5) is 24.8. The molecule has 0 aromatic carbocycles. The first-order valence-electron chi connectivity index (χ1n) is 10.0. The third-order valence-electron chi connectivity index (χ3n) is 4.86. The van der Waals surface area contributed by atoms with Gasteiger partial charge in [-0.25, -0.2) is 19.6 Å². The first kappa shape index (κ1) is 22.6. The number of hydrogen-bond acceptors (Lipinski definition) is 9. The second kappa shape index (κ2) is 9.82. The highest BCUT2D eigenvalue weighted by molar-refractivity contribution is 7.56. The molecular formula is C18H29N6O5P. The number of aromatic nitrogens is 4. The fourth-order valence-corrected chi connectivity index (χ4v) is 5.80. The van der Waals surface area contributed by atoms with Crippen LogP contribution in [0.2, 0.25) is 0 Å². The summed E-state index contributed by atoms with van der Waals surface area (Å²) < 4.78 is 33.6. The minimum Gasteiger partial charge on any atom is -0.465 e. The Balaban J connectivity index is 1.65. The minimum absolute atomic E-state index is 0.0819. The van der Waals surface area contributed by atoms with Gasteiger partial charge in [0.15, 0.2) is 11.5 Å². The Labute approximate surface area is 175 Å². The predicted octanol–water partition coefficient (Wildman–Crippen LogP) is 1.89. The Morgan fingerprint density at radius 3 is 2.90 bits per heavy atom. The number of nitrogens with two attached hydrogens (primary N) is 1. The molecule has 2 aromatic heterocycles. The Morgan fingerprint density at radius 1 is 1.37 bits per heavy atom. The van der Waals surface area contributed by atoms with Crippen molar-refractivity contribution < 1.29 is 23.4 Å². The largest absolute Gasteiger partial charge is 0.465 e. The highest BCUT2D eigenvalue weighted by Crippen LogP contribution is 2.55. The van der Waals surface area contributed by atoms with E-state index in [0.29, 0.717) is 43.1 Å². The number of esters is 1. The number of anilines is 1. The molecule has 2 atom stereocenters. The van der Waals surface area contributed by atoms with E-state index < -0.39 is 13.6 Å². The minimum atomic E-state index is -3.33. The predicted molar refractivity (Wildman–Crippen MR) is 111 cm³/mol. The molecule has 3 heterocycles. The second-order valence-corrected chi connectivity index (χ2v) is 9.64. The van der Waals surface area contributed by atoms with Crippen molar-refractivity contribution in [3.05, 3.63) is 12.7 Å². The molecule has 1 aliphatic heterocycles. The number of rotatable bonds is 9. The van der Waals surface area contributed by atoms with Crippen LogP contribution < -0.4 is 5.73 Å². The van der Waals surface area contributed by atoms with E-state index in [4.69, 9.17) is 19.7 Å². The van der Waals surface area contributed by atoms with E-state index in [9.17, 15) is 9.36 Å². The molecule has 166 valence electrons. The molecule has 11 nitrogen and oxygen atoms in total. The van der Waals surface area contributed by atoms with E-state index >= 15 is 0 Å². The lowest BCUT2D eigenvalue weighted by Gasteiger charge is -2.40. The zero-order valence-corrected chi connectivity index (χ0v) is 18.5. The molecule has 0 unspecified atom stereocenters. The normalized spacial score (nSPS) is 21.2. The number of fused-ring (bicyclic) bond motifs is 1. The van der Waals surface area contributed by atoms with Gasteiger partial charge in [0, 0.05) is 13.1 Å². The first-order chi connectivity index (χ1) is 14.4. The number of hydrogen-bond donors (Lipinski definition) is 1. The maximum atomic E-state index is 13.6. The van der Waals surface area contributed by atoms with Gasteiger partial charge in [-0.05, 0) is 19.3 Å². The lowest BCUT2D eigenvalue weighted by atomic mass is 10.0. The summed E-state index contributed by atoms with van der Waals surface area (Å²) in [7, 11) is -3.33. The number of nitrogens with zero attached hydrogens (tertiary/aromatic N) is 5. The number of imidazole rings is 1. The molecule has 2 N–H and O–H groups in total. The summed E-state index contributed by atoms with van der Waals surface area (Å²) in [5.74, 6) is -0.157. The van der Waals surface area contributed by atoms with Gasteiger partial charge in [-0.15, -0.1) is 0 Å². The molecule has 1 aliphatic rings. The van der Waals surface area contributed by atoms with E-state index in [1.165, 1.54) is 6.33 Å². The second-order valence-electron chi connectivity index (χ2n) is 7.33. The SMILES string of the molecule is CCOC(=O)[C@@H](C(C)C)N1CCCO[P@@]1(=O)COCCn1cnc2c(N)ncnc21. The quantitative estimate of drug-likeness (QED) is 0.350. The maximum Gasteiger partial charge on any atom is 0.324 e. The van der Waals surface area contributed by atoms with Crippen LogP contribution in [0.15, 0.2) is 12.7 Å². The van der Waals surface area contributed by atoms with Crippen LogP contribution in [-0.4, -0.2) is 68.9 Å². The van der Waals surface area contributed by atoms with Crippen LogP contribution in [0.1, 0.15) is 27.2 Å². The van der Waals surface area contributed by atoms with Crippen LogP contribution >= 0.6 is 7.52 Å². The van der Waals surface area contributed by atoms with Crippen molar-refractivity contribution in [3.8, 4) is 0 Å². The molecule has 2 aromatic rings. The summed E-state index contributed by atoms with van der Waals surface area (Å²) in [6.07, 6.45) is 3.57. The van der Waals surface area contributed by atoms with Gasteiger partial charge < -0.3 is 24.3 Å². The zero-order valence-electron chi connectivity index (χ0n) is 17.6. The van der Waals surface area contributed by atoms with Gasteiger partial charge in [0.2, 0.25) is 0 Å². The topological polar surface area (TPSA) is 135 Å². The van der Waals surface area contributed by atoms with Gasteiger partial charge in [0.1, 0.15) is 24.2 Å². The average molecular weight is 440 g/mol. The molecule has 1 fully saturated rings. The number of carbonyl (C=O) groups is 1. The van der Waals surface area contributed by atoms with Crippen molar-refractivity contribution in [1.29, 1.82) is 0 Å². The first-order valence-corrected chi connectivity index (χ1v) is 11.8. The summed E-state index contributed by atoms with van der Waals surface area (Å²) in [5.41, 5.74) is 6.93. The Bertz CT molecular complexity index is 920. The number of ether oxygens (including phenoxy) is 2. The summed E-state index contributed by atoms with van der Waals surface area (Å²) in [5, 5.41) is 0. The van der Waals surface area contributed by atoms with Crippen LogP contribution in [0, 0.1) is 5.92 Å². The van der Waals surface area contributed by atoms with Crippen LogP contribution in [0.4, 0.5) is 5.82 Å². The smallest absolute Gasteiger partial charge is 0.324 e. The summed E-state index contributed by atoms with van der Waals surface area (Å²) >= 11 is 0. The van der Waals surface area contributed by atoms with Gasteiger partial charge in [-0.3, -0.25) is 9.36 Å². The molecule has 30 heavy (non-hydrogen) atoms. The molecule has 0 bridgehead atoms. The zero-order chi connectivity index (χ0) is 21.7. The molecule has 1 saturated heterocycles. The Kier molecular flexibility index (Phi) is 7.41. The molecule has 0 radical (unpaired) electrons. The van der Waals surface area contributed by atoms with E-state index in [2.05, 4.69) is 15.0 Å². The van der Waals surface area contributed by atoms with Crippen molar-refractivity contribution in [2.24, 2.45) is 5.92 Å². The van der Waals surface area contributed by atoms with E-state index in [1.54, 1.807) is 22.5 Å². The molecule has 0 spiro atoms. The van der Waals surface area contributed by atoms with Gasteiger partial charge >= 0.3 is 5.97 Å². The van der Waals surface area contributed by atoms with Crippen LogP contribution in [0.3, 0.4) is 0 Å². The fraction of sp³-hybridized carbons (Fsp3) is 0.667. The van der Waals surface area contributed by atoms with Crippen LogP contribution in [0.25, 0.3) is 11.2 Å². The van der Waals surface area contributed by atoms with Gasteiger partial charge in [-0.1, -0.05) is 13.8 Å². The molecule has 0 amide bonds. The van der Waals surface area contributed by atoms with E-state index in [1.807, 2.05) is 13.8 Å².